The molecule has 4 atom stereocenters. The van der Waals surface area contributed by atoms with E-state index < -0.39 is 0 Å². The van der Waals surface area contributed by atoms with Crippen molar-refractivity contribution in [3.05, 3.63) is 23.8 Å². The van der Waals surface area contributed by atoms with E-state index in [1.54, 1.807) is 0 Å². The lowest BCUT2D eigenvalue weighted by Crippen LogP contribution is -2.34. The Labute approximate surface area is 121 Å². The van der Waals surface area contributed by atoms with E-state index in [1.165, 1.54) is 18.4 Å². The number of rotatable bonds is 3. The quantitative estimate of drug-likeness (QED) is 0.915. The van der Waals surface area contributed by atoms with Crippen molar-refractivity contribution in [2.45, 2.75) is 45.7 Å². The van der Waals surface area contributed by atoms with Crippen molar-refractivity contribution < 1.29 is 9.47 Å². The number of fused-ring (bicyclic) bond motifs is 1. The third-order valence-electron chi connectivity index (χ3n) is 5.00. The maximum absolute atomic E-state index is 5.67. The van der Waals surface area contributed by atoms with Crippen LogP contribution >= 0.6 is 0 Å². The van der Waals surface area contributed by atoms with Gasteiger partial charge in [-0.3, -0.25) is 0 Å². The van der Waals surface area contributed by atoms with Crippen molar-refractivity contribution in [2.24, 2.45) is 11.8 Å². The molecule has 4 unspecified atom stereocenters. The fraction of sp³-hybridized carbons (Fsp3) is 0.647. The van der Waals surface area contributed by atoms with Crippen LogP contribution in [0.25, 0.3) is 0 Å². The summed E-state index contributed by atoms with van der Waals surface area (Å²) in [6, 6.07) is 7.28. The molecule has 0 spiro atoms. The maximum atomic E-state index is 5.67. The minimum atomic E-state index is 0.351. The predicted molar refractivity (Wildman–Crippen MR) is 80.3 cm³/mol. The average Bonchev–Trinajstić information content (AvgIpc) is 2.78. The second-order valence-electron chi connectivity index (χ2n) is 6.31. The van der Waals surface area contributed by atoms with Gasteiger partial charge in [0, 0.05) is 12.1 Å². The highest BCUT2D eigenvalue weighted by atomic mass is 16.6. The monoisotopic (exact) mass is 275 g/mol. The molecule has 20 heavy (non-hydrogen) atoms. The molecule has 1 aliphatic heterocycles. The van der Waals surface area contributed by atoms with E-state index in [0.29, 0.717) is 25.3 Å². The predicted octanol–water partition coefficient (Wildman–Crippen LogP) is 3.54. The molecule has 3 rings (SSSR count). The Hall–Kier alpha value is -1.22. The van der Waals surface area contributed by atoms with Crippen molar-refractivity contribution in [3.8, 4) is 11.5 Å². The van der Waals surface area contributed by atoms with Crippen LogP contribution in [-0.4, -0.2) is 19.3 Å². The van der Waals surface area contributed by atoms with Gasteiger partial charge in [0.25, 0.3) is 0 Å². The summed E-state index contributed by atoms with van der Waals surface area (Å²) in [5, 5.41) is 3.79. The fourth-order valence-corrected chi connectivity index (χ4v) is 3.35. The molecule has 110 valence electrons. The third-order valence-corrected chi connectivity index (χ3v) is 5.00. The van der Waals surface area contributed by atoms with Gasteiger partial charge in [0.15, 0.2) is 11.5 Å². The summed E-state index contributed by atoms with van der Waals surface area (Å²) in [5.41, 5.74) is 1.28. The molecule has 0 aromatic heterocycles. The van der Waals surface area contributed by atoms with Gasteiger partial charge in [-0.25, -0.2) is 0 Å². The van der Waals surface area contributed by atoms with E-state index in [2.05, 4.69) is 38.2 Å². The highest BCUT2D eigenvalue weighted by Gasteiger charge is 2.30. The highest BCUT2D eigenvalue weighted by Crippen LogP contribution is 2.35. The normalized spacial score (nSPS) is 30.2. The smallest absolute Gasteiger partial charge is 0.161 e. The maximum Gasteiger partial charge on any atom is 0.161 e. The van der Waals surface area contributed by atoms with Gasteiger partial charge >= 0.3 is 0 Å². The highest BCUT2D eigenvalue weighted by molar-refractivity contribution is 5.44. The fourth-order valence-electron chi connectivity index (χ4n) is 3.35. The topological polar surface area (TPSA) is 30.5 Å². The van der Waals surface area contributed by atoms with Crippen molar-refractivity contribution in [2.75, 3.05) is 13.2 Å². The van der Waals surface area contributed by atoms with Gasteiger partial charge in [0.2, 0.25) is 0 Å². The van der Waals surface area contributed by atoms with Gasteiger partial charge in [-0.15, -0.1) is 0 Å². The molecule has 0 radical (unpaired) electrons. The summed E-state index contributed by atoms with van der Waals surface area (Å²) < 4.78 is 11.2. The SMILES string of the molecule is CC(NC1CCC(C)C1C)c1ccc2c(c1)OCCO2. The first kappa shape index (κ1) is 13.7. The number of hydrogen-bond donors (Lipinski definition) is 1. The number of hydrogen-bond acceptors (Lipinski definition) is 3. The van der Waals surface area contributed by atoms with E-state index in [1.807, 2.05) is 6.07 Å². The Morgan fingerprint density at radius 2 is 1.85 bits per heavy atom. The van der Waals surface area contributed by atoms with Crippen LogP contribution in [0.3, 0.4) is 0 Å². The number of nitrogens with one attached hydrogen (secondary N) is 1. The van der Waals surface area contributed by atoms with Crippen LogP contribution in [0.2, 0.25) is 0 Å². The van der Waals surface area contributed by atoms with E-state index in [0.717, 1.165) is 23.3 Å². The minimum Gasteiger partial charge on any atom is -0.486 e. The van der Waals surface area contributed by atoms with Crippen molar-refractivity contribution in [3.63, 3.8) is 0 Å². The lowest BCUT2D eigenvalue weighted by Gasteiger charge is -2.26. The van der Waals surface area contributed by atoms with Crippen LogP contribution in [0.15, 0.2) is 18.2 Å². The zero-order valence-corrected chi connectivity index (χ0v) is 12.7. The van der Waals surface area contributed by atoms with Gasteiger partial charge in [0.1, 0.15) is 13.2 Å². The van der Waals surface area contributed by atoms with Crippen LogP contribution in [0.5, 0.6) is 11.5 Å². The molecule has 1 heterocycles. The molecule has 1 N–H and O–H groups in total. The largest absolute Gasteiger partial charge is 0.486 e. The van der Waals surface area contributed by atoms with E-state index >= 15 is 0 Å². The molecular weight excluding hydrogens is 250 g/mol. The Morgan fingerprint density at radius 3 is 2.55 bits per heavy atom. The molecule has 1 aliphatic carbocycles. The van der Waals surface area contributed by atoms with Gasteiger partial charge in [-0.1, -0.05) is 19.9 Å². The van der Waals surface area contributed by atoms with Crippen LogP contribution in [0.4, 0.5) is 0 Å². The Kier molecular flexibility index (Phi) is 3.88. The van der Waals surface area contributed by atoms with Crippen LogP contribution in [0.1, 0.15) is 45.2 Å². The van der Waals surface area contributed by atoms with Crippen molar-refractivity contribution >= 4 is 0 Å². The average molecular weight is 275 g/mol. The summed E-state index contributed by atoms with van der Waals surface area (Å²) in [6.45, 7) is 8.27. The second kappa shape index (κ2) is 5.65. The molecule has 1 aromatic carbocycles. The van der Waals surface area contributed by atoms with E-state index in [4.69, 9.17) is 9.47 Å². The van der Waals surface area contributed by atoms with Gasteiger partial charge < -0.3 is 14.8 Å². The summed E-state index contributed by atoms with van der Waals surface area (Å²) in [6.07, 6.45) is 2.63. The summed E-state index contributed by atoms with van der Waals surface area (Å²) in [7, 11) is 0. The van der Waals surface area contributed by atoms with Gasteiger partial charge in [0.05, 0.1) is 0 Å². The number of benzene rings is 1. The molecular formula is C17H25NO2. The van der Waals surface area contributed by atoms with Crippen molar-refractivity contribution in [1.29, 1.82) is 0 Å². The zero-order chi connectivity index (χ0) is 14.1. The summed E-state index contributed by atoms with van der Waals surface area (Å²) >= 11 is 0. The molecule has 0 bridgehead atoms. The standard InChI is InChI=1S/C17H25NO2/c1-11-4-6-15(12(11)2)18-13(3)14-5-7-16-17(10-14)20-9-8-19-16/h5,7,10-13,15,18H,4,6,8-9H2,1-3H3. The Bertz CT molecular complexity index is 474. The van der Waals surface area contributed by atoms with Crippen LogP contribution in [0, 0.1) is 11.8 Å². The first-order chi connectivity index (χ1) is 9.65. The van der Waals surface area contributed by atoms with Crippen molar-refractivity contribution in [1.82, 2.24) is 5.32 Å². The molecule has 0 amide bonds. The first-order valence-electron chi connectivity index (χ1n) is 7.80. The lowest BCUT2D eigenvalue weighted by atomic mass is 9.96. The van der Waals surface area contributed by atoms with E-state index in [9.17, 15) is 0 Å². The van der Waals surface area contributed by atoms with Gasteiger partial charge in [-0.2, -0.15) is 0 Å². The molecule has 3 nitrogen and oxygen atoms in total. The molecule has 1 saturated carbocycles. The molecule has 0 saturated heterocycles. The Balaban J connectivity index is 1.69. The summed E-state index contributed by atoms with van der Waals surface area (Å²) in [5.74, 6) is 3.35. The second-order valence-corrected chi connectivity index (χ2v) is 6.31. The number of ether oxygens (including phenoxy) is 2. The van der Waals surface area contributed by atoms with Gasteiger partial charge in [-0.05, 0) is 49.3 Å². The molecule has 2 aliphatic rings. The Morgan fingerprint density at radius 1 is 1.10 bits per heavy atom. The first-order valence-corrected chi connectivity index (χ1v) is 7.80. The van der Waals surface area contributed by atoms with Crippen LogP contribution in [-0.2, 0) is 0 Å². The minimum absolute atomic E-state index is 0.351. The molecule has 3 heteroatoms. The lowest BCUT2D eigenvalue weighted by molar-refractivity contribution is 0.171. The third kappa shape index (κ3) is 2.64. The summed E-state index contributed by atoms with van der Waals surface area (Å²) in [4.78, 5) is 0. The molecule has 1 fully saturated rings. The van der Waals surface area contributed by atoms with Crippen LogP contribution < -0.4 is 14.8 Å². The van der Waals surface area contributed by atoms with E-state index in [-0.39, 0.29) is 0 Å². The zero-order valence-electron chi connectivity index (χ0n) is 12.7. The molecule has 1 aromatic rings.